The van der Waals surface area contributed by atoms with E-state index in [9.17, 15) is 14.0 Å². The molecular weight excluding hydrogens is 387 g/mol. The van der Waals surface area contributed by atoms with Crippen LogP contribution in [0.25, 0.3) is 0 Å². The average Bonchev–Trinajstić information content (AvgIpc) is 3.04. The Balaban J connectivity index is 1.25. The second-order valence-electron chi connectivity index (χ2n) is 8.15. The van der Waals surface area contributed by atoms with Gasteiger partial charge in [0.15, 0.2) is 11.6 Å². The van der Waals surface area contributed by atoms with Gasteiger partial charge in [0.25, 0.3) is 0 Å². The van der Waals surface area contributed by atoms with Crippen molar-refractivity contribution in [3.8, 4) is 5.75 Å². The average molecular weight is 411 g/mol. The van der Waals surface area contributed by atoms with Gasteiger partial charge < -0.3 is 19.7 Å². The minimum Gasteiger partial charge on any atom is -0.487 e. The minimum atomic E-state index is -0.464. The zero-order valence-electron chi connectivity index (χ0n) is 15.7. The molecule has 2 aliphatic heterocycles. The number of amides is 2. The van der Waals surface area contributed by atoms with Crippen LogP contribution in [0, 0.1) is 17.7 Å². The molecule has 1 aromatic carbocycles. The van der Waals surface area contributed by atoms with E-state index in [4.69, 9.17) is 21.1 Å². The maximum Gasteiger partial charge on any atom is 0.407 e. The van der Waals surface area contributed by atoms with Crippen molar-refractivity contribution in [1.82, 2.24) is 10.2 Å². The summed E-state index contributed by atoms with van der Waals surface area (Å²) in [6.45, 7) is 3.64. The monoisotopic (exact) mass is 410 g/mol. The van der Waals surface area contributed by atoms with Crippen LogP contribution >= 0.6 is 11.6 Å². The summed E-state index contributed by atoms with van der Waals surface area (Å²) in [6.07, 6.45) is 2.39. The Labute approximate surface area is 168 Å². The first kappa shape index (κ1) is 19.3. The summed E-state index contributed by atoms with van der Waals surface area (Å²) in [5, 5.41) is 3.16. The molecular formula is C20H24ClFN2O4. The molecule has 1 aliphatic carbocycles. The van der Waals surface area contributed by atoms with Crippen LogP contribution in [0.1, 0.15) is 32.6 Å². The molecule has 3 aliphatic rings. The highest BCUT2D eigenvalue weighted by molar-refractivity contribution is 6.30. The molecule has 6 nitrogen and oxygen atoms in total. The lowest BCUT2D eigenvalue weighted by molar-refractivity contribution is -0.143. The maximum absolute atomic E-state index is 13.9. The summed E-state index contributed by atoms with van der Waals surface area (Å²) in [4.78, 5) is 25.9. The van der Waals surface area contributed by atoms with Crippen LogP contribution in [-0.2, 0) is 9.53 Å². The van der Waals surface area contributed by atoms with Crippen molar-refractivity contribution >= 4 is 23.6 Å². The molecule has 0 aromatic heterocycles. The van der Waals surface area contributed by atoms with E-state index in [1.165, 1.54) is 6.07 Å². The first-order valence-corrected chi connectivity index (χ1v) is 10.1. The Morgan fingerprint density at radius 3 is 2.71 bits per heavy atom. The van der Waals surface area contributed by atoms with Crippen LogP contribution < -0.4 is 10.1 Å². The third kappa shape index (κ3) is 3.77. The second kappa shape index (κ2) is 7.43. The Kier molecular flexibility index (Phi) is 5.12. The molecule has 1 spiro atoms. The van der Waals surface area contributed by atoms with Gasteiger partial charge in [-0.05, 0) is 56.7 Å². The second-order valence-corrected chi connectivity index (χ2v) is 8.58. The highest BCUT2D eigenvalue weighted by Crippen LogP contribution is 2.42. The topological polar surface area (TPSA) is 67.9 Å². The standard InChI is InChI=1S/C20H24ClFN2O4/c1-12(28-17-3-2-15(21)8-16(17)22)13-4-6-24(7-5-13)18(25)14-9-20(10-14)11-27-19(26)23-20/h2-3,8,12-14H,4-7,9-11H2,1H3,(H,23,26). The zero-order valence-corrected chi connectivity index (χ0v) is 16.5. The van der Waals surface area contributed by atoms with Crippen molar-refractivity contribution in [2.45, 2.75) is 44.2 Å². The number of nitrogens with one attached hydrogen (secondary N) is 1. The number of rotatable bonds is 4. The van der Waals surface area contributed by atoms with Gasteiger partial charge in [-0.1, -0.05) is 11.6 Å². The lowest BCUT2D eigenvalue weighted by Crippen LogP contribution is -2.58. The van der Waals surface area contributed by atoms with E-state index in [-0.39, 0.29) is 35.1 Å². The molecule has 2 saturated heterocycles. The first-order chi connectivity index (χ1) is 13.3. The van der Waals surface area contributed by atoms with E-state index >= 15 is 0 Å². The molecule has 8 heteroatoms. The SMILES string of the molecule is CC(Oc1ccc(Cl)cc1F)C1CCN(C(=O)C2CC3(COC(=O)N3)C2)CC1. The van der Waals surface area contributed by atoms with Gasteiger partial charge in [-0.2, -0.15) is 0 Å². The predicted octanol–water partition coefficient (Wildman–Crippen LogP) is 3.37. The number of carbonyl (C=O) groups excluding carboxylic acids is 2. The van der Waals surface area contributed by atoms with Gasteiger partial charge in [-0.3, -0.25) is 4.79 Å². The number of hydrogen-bond acceptors (Lipinski definition) is 4. The summed E-state index contributed by atoms with van der Waals surface area (Å²) in [7, 11) is 0. The van der Waals surface area contributed by atoms with E-state index in [2.05, 4.69) is 5.32 Å². The van der Waals surface area contributed by atoms with Crippen molar-refractivity contribution in [2.75, 3.05) is 19.7 Å². The first-order valence-electron chi connectivity index (χ1n) is 9.71. The van der Waals surface area contributed by atoms with Crippen molar-refractivity contribution < 1.29 is 23.5 Å². The largest absolute Gasteiger partial charge is 0.487 e. The molecule has 1 saturated carbocycles. The molecule has 0 radical (unpaired) electrons. The highest BCUT2D eigenvalue weighted by atomic mass is 35.5. The molecule has 152 valence electrons. The van der Waals surface area contributed by atoms with Gasteiger partial charge in [0, 0.05) is 24.0 Å². The number of carbonyl (C=O) groups is 2. The number of alkyl carbamates (subject to hydrolysis) is 1. The fourth-order valence-corrected chi connectivity index (χ4v) is 4.64. The van der Waals surface area contributed by atoms with Crippen molar-refractivity contribution in [3.63, 3.8) is 0 Å². The fraction of sp³-hybridized carbons (Fsp3) is 0.600. The molecule has 2 heterocycles. The van der Waals surface area contributed by atoms with Crippen molar-refractivity contribution in [2.24, 2.45) is 11.8 Å². The van der Waals surface area contributed by atoms with Crippen LogP contribution in [0.2, 0.25) is 5.02 Å². The van der Waals surface area contributed by atoms with Gasteiger partial charge in [0.2, 0.25) is 5.91 Å². The molecule has 2 amide bonds. The number of ether oxygens (including phenoxy) is 2. The van der Waals surface area contributed by atoms with E-state index in [0.29, 0.717) is 37.6 Å². The Bertz CT molecular complexity index is 775. The van der Waals surface area contributed by atoms with E-state index in [0.717, 1.165) is 12.8 Å². The number of cyclic esters (lactones) is 1. The van der Waals surface area contributed by atoms with Crippen LogP contribution in [0.4, 0.5) is 9.18 Å². The lowest BCUT2D eigenvalue weighted by atomic mass is 9.68. The third-order valence-corrected chi connectivity index (χ3v) is 6.43. The van der Waals surface area contributed by atoms with E-state index < -0.39 is 11.9 Å². The minimum absolute atomic E-state index is 0.0459. The number of hydrogen-bond donors (Lipinski definition) is 1. The zero-order chi connectivity index (χ0) is 19.9. The highest BCUT2D eigenvalue weighted by Gasteiger charge is 2.53. The summed E-state index contributed by atoms with van der Waals surface area (Å²) < 4.78 is 24.7. The molecule has 1 aromatic rings. The smallest absolute Gasteiger partial charge is 0.407 e. The number of piperidine rings is 1. The molecule has 28 heavy (non-hydrogen) atoms. The van der Waals surface area contributed by atoms with Gasteiger partial charge in [0.1, 0.15) is 6.61 Å². The van der Waals surface area contributed by atoms with Crippen LogP contribution in [-0.4, -0.2) is 48.2 Å². The molecule has 1 atom stereocenters. The van der Waals surface area contributed by atoms with E-state index in [1.807, 2.05) is 11.8 Å². The van der Waals surface area contributed by atoms with Crippen LogP contribution in [0.3, 0.4) is 0 Å². The Morgan fingerprint density at radius 1 is 1.39 bits per heavy atom. The quantitative estimate of drug-likeness (QED) is 0.826. The van der Waals surface area contributed by atoms with Crippen molar-refractivity contribution in [3.05, 3.63) is 29.0 Å². The van der Waals surface area contributed by atoms with Crippen molar-refractivity contribution in [1.29, 1.82) is 0 Å². The number of benzene rings is 1. The lowest BCUT2D eigenvalue weighted by Gasteiger charge is -2.45. The van der Waals surface area contributed by atoms with Gasteiger partial charge in [-0.25, -0.2) is 9.18 Å². The van der Waals surface area contributed by atoms with E-state index in [1.54, 1.807) is 12.1 Å². The number of nitrogens with zero attached hydrogens (tertiary/aromatic N) is 1. The number of halogens is 2. The number of likely N-dealkylation sites (tertiary alicyclic amines) is 1. The molecule has 1 N–H and O–H groups in total. The Hall–Kier alpha value is -2.02. The predicted molar refractivity (Wildman–Crippen MR) is 101 cm³/mol. The fourth-order valence-electron chi connectivity index (χ4n) is 4.49. The normalized spacial score (nSPS) is 28.5. The summed E-state index contributed by atoms with van der Waals surface area (Å²) in [6, 6.07) is 4.40. The summed E-state index contributed by atoms with van der Waals surface area (Å²) >= 11 is 5.78. The molecule has 3 fully saturated rings. The summed E-state index contributed by atoms with van der Waals surface area (Å²) in [5.74, 6) is 0.108. The van der Waals surface area contributed by atoms with Crippen LogP contribution in [0.15, 0.2) is 18.2 Å². The van der Waals surface area contributed by atoms with Gasteiger partial charge in [-0.15, -0.1) is 0 Å². The van der Waals surface area contributed by atoms with Gasteiger partial charge in [0.05, 0.1) is 11.6 Å². The molecule has 1 unspecified atom stereocenters. The molecule has 0 bridgehead atoms. The van der Waals surface area contributed by atoms with Crippen LogP contribution in [0.5, 0.6) is 5.75 Å². The maximum atomic E-state index is 13.9. The van der Waals surface area contributed by atoms with Gasteiger partial charge >= 0.3 is 6.09 Å². The summed E-state index contributed by atoms with van der Waals surface area (Å²) in [5.41, 5.74) is -0.333. The molecule has 4 rings (SSSR count). The third-order valence-electron chi connectivity index (χ3n) is 6.19. The Morgan fingerprint density at radius 2 is 2.11 bits per heavy atom.